The monoisotopic (exact) mass is 177 g/mol. The normalized spacial score (nSPS) is 32.1. The van der Waals surface area contributed by atoms with Gasteiger partial charge in [0.25, 0.3) is 0 Å². The van der Waals surface area contributed by atoms with Crippen LogP contribution in [0.1, 0.15) is 37.1 Å². The van der Waals surface area contributed by atoms with Crippen molar-refractivity contribution in [1.82, 2.24) is 5.32 Å². The molecule has 0 radical (unpaired) electrons. The molecule has 0 aromatic carbocycles. The lowest BCUT2D eigenvalue weighted by atomic mass is 10.0. The van der Waals surface area contributed by atoms with Crippen LogP contribution in [0.15, 0.2) is 16.7 Å². The number of fused-ring (bicyclic) bond motifs is 1. The van der Waals surface area contributed by atoms with Crippen molar-refractivity contribution in [3.63, 3.8) is 0 Å². The highest BCUT2D eigenvalue weighted by Gasteiger charge is 2.35. The van der Waals surface area contributed by atoms with E-state index in [-0.39, 0.29) is 0 Å². The van der Waals surface area contributed by atoms with Crippen LogP contribution in [0.25, 0.3) is 0 Å². The summed E-state index contributed by atoms with van der Waals surface area (Å²) in [6.07, 6.45) is 5.64. The Bertz CT molecular complexity index is 314. The average Bonchev–Trinajstić information content (AvgIpc) is 2.74. The maximum Gasteiger partial charge on any atom is 0.108 e. The molecule has 70 valence electrons. The number of rotatable bonds is 2. The molecule has 2 atom stereocenters. The first-order valence-electron chi connectivity index (χ1n) is 5.17. The summed E-state index contributed by atoms with van der Waals surface area (Å²) in [5.74, 6) is 1.90. The molecule has 1 aromatic rings. The quantitative estimate of drug-likeness (QED) is 0.749. The van der Waals surface area contributed by atoms with E-state index in [9.17, 15) is 0 Å². The van der Waals surface area contributed by atoms with Gasteiger partial charge in [-0.3, -0.25) is 0 Å². The summed E-state index contributed by atoms with van der Waals surface area (Å²) in [5.41, 5.74) is 1.40. The molecule has 1 aromatic heterocycles. The van der Waals surface area contributed by atoms with Crippen LogP contribution in [0.4, 0.5) is 0 Å². The van der Waals surface area contributed by atoms with Crippen molar-refractivity contribution in [2.75, 3.05) is 0 Å². The standard InChI is InChI=1S/C11H15NO/c1-7-6-10-9(4-5-13-10)11(7)12-8-2-3-8/h4-5,7-8,11-12H,2-3,6H2,1H3. The Morgan fingerprint density at radius 1 is 1.46 bits per heavy atom. The van der Waals surface area contributed by atoms with E-state index in [0.29, 0.717) is 12.0 Å². The van der Waals surface area contributed by atoms with Gasteiger partial charge < -0.3 is 9.73 Å². The molecule has 13 heavy (non-hydrogen) atoms. The zero-order valence-electron chi connectivity index (χ0n) is 7.92. The van der Waals surface area contributed by atoms with Crippen LogP contribution < -0.4 is 5.32 Å². The Morgan fingerprint density at radius 2 is 2.31 bits per heavy atom. The van der Waals surface area contributed by atoms with Crippen LogP contribution in [0, 0.1) is 5.92 Å². The van der Waals surface area contributed by atoms with Crippen molar-refractivity contribution in [3.05, 3.63) is 23.7 Å². The van der Waals surface area contributed by atoms with E-state index in [4.69, 9.17) is 4.42 Å². The molecule has 2 aliphatic carbocycles. The summed E-state index contributed by atoms with van der Waals surface area (Å²) >= 11 is 0. The lowest BCUT2D eigenvalue weighted by Crippen LogP contribution is -2.25. The molecule has 0 amide bonds. The third-order valence-corrected chi connectivity index (χ3v) is 3.18. The summed E-state index contributed by atoms with van der Waals surface area (Å²) in [5, 5.41) is 3.68. The van der Waals surface area contributed by atoms with Gasteiger partial charge in [0.15, 0.2) is 0 Å². The molecule has 1 saturated carbocycles. The molecule has 1 N–H and O–H groups in total. The molecule has 0 spiro atoms. The lowest BCUT2D eigenvalue weighted by molar-refractivity contribution is 0.401. The summed E-state index contributed by atoms with van der Waals surface area (Å²) in [4.78, 5) is 0. The predicted molar refractivity (Wildman–Crippen MR) is 50.5 cm³/mol. The predicted octanol–water partition coefficient (Wildman–Crippen LogP) is 2.26. The fourth-order valence-electron chi connectivity index (χ4n) is 2.27. The van der Waals surface area contributed by atoms with Crippen molar-refractivity contribution >= 4 is 0 Å². The zero-order chi connectivity index (χ0) is 8.84. The van der Waals surface area contributed by atoms with Gasteiger partial charge in [-0.25, -0.2) is 0 Å². The summed E-state index contributed by atoms with van der Waals surface area (Å²) in [6, 6.07) is 3.47. The molecule has 1 heterocycles. The SMILES string of the molecule is CC1Cc2occc2C1NC1CC1. The Balaban J connectivity index is 1.84. The molecular weight excluding hydrogens is 162 g/mol. The third-order valence-electron chi connectivity index (χ3n) is 3.18. The van der Waals surface area contributed by atoms with Crippen molar-refractivity contribution in [2.45, 2.75) is 38.3 Å². The van der Waals surface area contributed by atoms with Crippen LogP contribution in [0.2, 0.25) is 0 Å². The van der Waals surface area contributed by atoms with Crippen LogP contribution in [0.3, 0.4) is 0 Å². The molecule has 1 fully saturated rings. The smallest absolute Gasteiger partial charge is 0.108 e. The Kier molecular flexibility index (Phi) is 1.53. The molecule has 2 heteroatoms. The van der Waals surface area contributed by atoms with Crippen LogP contribution in [-0.2, 0) is 6.42 Å². The Hall–Kier alpha value is -0.760. The van der Waals surface area contributed by atoms with Crippen LogP contribution >= 0.6 is 0 Å². The Morgan fingerprint density at radius 3 is 3.08 bits per heavy atom. The van der Waals surface area contributed by atoms with Gasteiger partial charge in [-0.1, -0.05) is 6.92 Å². The van der Waals surface area contributed by atoms with Crippen LogP contribution in [-0.4, -0.2) is 6.04 Å². The second-order valence-electron chi connectivity index (χ2n) is 4.40. The lowest BCUT2D eigenvalue weighted by Gasteiger charge is -2.17. The molecular formula is C11H15NO. The van der Waals surface area contributed by atoms with Gasteiger partial charge in [-0.05, 0) is 24.8 Å². The molecule has 2 nitrogen and oxygen atoms in total. The highest BCUT2D eigenvalue weighted by Crippen LogP contribution is 2.38. The first-order chi connectivity index (χ1) is 6.34. The van der Waals surface area contributed by atoms with Gasteiger partial charge in [-0.2, -0.15) is 0 Å². The molecule has 3 rings (SSSR count). The molecule has 2 aliphatic rings. The molecule has 0 saturated heterocycles. The minimum absolute atomic E-state index is 0.557. The van der Waals surface area contributed by atoms with E-state index in [2.05, 4.69) is 18.3 Å². The van der Waals surface area contributed by atoms with E-state index in [0.717, 1.165) is 12.5 Å². The zero-order valence-corrected chi connectivity index (χ0v) is 7.92. The van der Waals surface area contributed by atoms with E-state index in [1.165, 1.54) is 24.2 Å². The highest BCUT2D eigenvalue weighted by atomic mass is 16.3. The van der Waals surface area contributed by atoms with E-state index < -0.39 is 0 Å². The van der Waals surface area contributed by atoms with Crippen molar-refractivity contribution in [2.24, 2.45) is 5.92 Å². The van der Waals surface area contributed by atoms with Crippen molar-refractivity contribution in [1.29, 1.82) is 0 Å². The number of hydrogen-bond donors (Lipinski definition) is 1. The van der Waals surface area contributed by atoms with Crippen LogP contribution in [0.5, 0.6) is 0 Å². The second kappa shape index (κ2) is 2.61. The maximum absolute atomic E-state index is 5.44. The largest absolute Gasteiger partial charge is 0.469 e. The third kappa shape index (κ3) is 1.20. The second-order valence-corrected chi connectivity index (χ2v) is 4.40. The Labute approximate surface area is 78.3 Å². The van der Waals surface area contributed by atoms with E-state index in [1.807, 2.05) is 6.26 Å². The number of nitrogens with one attached hydrogen (secondary N) is 1. The fourth-order valence-corrected chi connectivity index (χ4v) is 2.27. The highest BCUT2D eigenvalue weighted by molar-refractivity contribution is 5.28. The van der Waals surface area contributed by atoms with Gasteiger partial charge >= 0.3 is 0 Å². The molecule has 0 aliphatic heterocycles. The first-order valence-corrected chi connectivity index (χ1v) is 5.17. The van der Waals surface area contributed by atoms with Gasteiger partial charge in [0, 0.05) is 24.1 Å². The fraction of sp³-hybridized carbons (Fsp3) is 0.636. The van der Waals surface area contributed by atoms with Gasteiger partial charge in [-0.15, -0.1) is 0 Å². The molecule has 2 unspecified atom stereocenters. The summed E-state index contributed by atoms with van der Waals surface area (Å²) in [7, 11) is 0. The van der Waals surface area contributed by atoms with Crippen molar-refractivity contribution < 1.29 is 4.42 Å². The van der Waals surface area contributed by atoms with Gasteiger partial charge in [0.1, 0.15) is 5.76 Å². The van der Waals surface area contributed by atoms with Gasteiger partial charge in [0.2, 0.25) is 0 Å². The minimum atomic E-state index is 0.557. The first kappa shape index (κ1) is 7.63. The summed E-state index contributed by atoms with van der Waals surface area (Å²) in [6.45, 7) is 2.30. The minimum Gasteiger partial charge on any atom is -0.469 e. The number of furan rings is 1. The summed E-state index contributed by atoms with van der Waals surface area (Å²) < 4.78 is 5.44. The van der Waals surface area contributed by atoms with Crippen molar-refractivity contribution in [3.8, 4) is 0 Å². The number of hydrogen-bond acceptors (Lipinski definition) is 2. The van der Waals surface area contributed by atoms with E-state index in [1.54, 1.807) is 0 Å². The topological polar surface area (TPSA) is 25.2 Å². The van der Waals surface area contributed by atoms with E-state index >= 15 is 0 Å². The maximum atomic E-state index is 5.44. The average molecular weight is 177 g/mol. The molecule has 0 bridgehead atoms. The van der Waals surface area contributed by atoms with Gasteiger partial charge in [0.05, 0.1) is 6.26 Å².